The second kappa shape index (κ2) is 7.72. The lowest BCUT2D eigenvalue weighted by Crippen LogP contribution is -2.47. The number of pyridine rings is 1. The molecule has 4 rings (SSSR count). The Hall–Kier alpha value is -2.12. The van der Waals surface area contributed by atoms with E-state index >= 15 is 0 Å². The molecule has 0 atom stereocenters. The summed E-state index contributed by atoms with van der Waals surface area (Å²) in [6, 6.07) is 10.00. The minimum absolute atomic E-state index is 0.298. The van der Waals surface area contributed by atoms with E-state index in [4.69, 9.17) is 0 Å². The maximum Gasteiger partial charge on any atom is 0.244 e. The van der Waals surface area contributed by atoms with Crippen LogP contribution in [0.1, 0.15) is 24.0 Å². The largest absolute Gasteiger partial charge is 0.368 e. The fourth-order valence-electron chi connectivity index (χ4n) is 4.04. The van der Waals surface area contributed by atoms with Crippen LogP contribution in [0.15, 0.2) is 41.4 Å². The fourth-order valence-corrected chi connectivity index (χ4v) is 5.51. The predicted octanol–water partition coefficient (Wildman–Crippen LogP) is 2.81. The van der Waals surface area contributed by atoms with Gasteiger partial charge in [0.25, 0.3) is 0 Å². The molecular formula is C21H28N4O2S. The molecule has 0 N–H and O–H groups in total. The van der Waals surface area contributed by atoms with Gasteiger partial charge in [-0.1, -0.05) is 12.1 Å². The highest BCUT2D eigenvalue weighted by Crippen LogP contribution is 2.26. The Kier molecular flexibility index (Phi) is 5.29. The highest BCUT2D eigenvalue weighted by Gasteiger charge is 2.28. The van der Waals surface area contributed by atoms with Gasteiger partial charge in [0.15, 0.2) is 0 Å². The van der Waals surface area contributed by atoms with Gasteiger partial charge in [0.05, 0.1) is 0 Å². The molecule has 1 aromatic carbocycles. The van der Waals surface area contributed by atoms with Crippen molar-refractivity contribution in [2.24, 2.45) is 0 Å². The maximum absolute atomic E-state index is 12.6. The Labute approximate surface area is 167 Å². The zero-order valence-electron chi connectivity index (χ0n) is 16.6. The first-order valence-corrected chi connectivity index (χ1v) is 11.4. The van der Waals surface area contributed by atoms with Crippen molar-refractivity contribution in [3.8, 4) is 0 Å². The molecule has 6 nitrogen and oxygen atoms in total. The smallest absolute Gasteiger partial charge is 0.244 e. The molecule has 0 radical (unpaired) electrons. The molecule has 0 unspecified atom stereocenters. The molecule has 3 heterocycles. The van der Waals surface area contributed by atoms with Gasteiger partial charge in [0.1, 0.15) is 10.7 Å². The molecule has 0 aliphatic carbocycles. The van der Waals surface area contributed by atoms with Gasteiger partial charge in [0.2, 0.25) is 10.0 Å². The predicted molar refractivity (Wildman–Crippen MR) is 113 cm³/mol. The van der Waals surface area contributed by atoms with Crippen molar-refractivity contribution >= 4 is 21.5 Å². The lowest BCUT2D eigenvalue weighted by Gasteiger charge is -2.37. The van der Waals surface area contributed by atoms with Gasteiger partial charge in [-0.3, -0.25) is 0 Å². The van der Waals surface area contributed by atoms with Crippen molar-refractivity contribution in [2.75, 3.05) is 49.1 Å². The van der Waals surface area contributed by atoms with Crippen molar-refractivity contribution in [1.29, 1.82) is 0 Å². The average Bonchev–Trinajstić information content (AvgIpc) is 3.26. The molecule has 2 saturated heterocycles. The highest BCUT2D eigenvalue weighted by atomic mass is 32.2. The van der Waals surface area contributed by atoms with Crippen LogP contribution in [0.2, 0.25) is 0 Å². The Morgan fingerprint density at radius 3 is 2.18 bits per heavy atom. The SMILES string of the molecule is Cc1cccc(N2CCN(c3ccc(S(=O)(=O)N4CCCC4)cn3)CC2)c1C. The second-order valence-electron chi connectivity index (χ2n) is 7.66. The van der Waals surface area contributed by atoms with Crippen LogP contribution in [0.3, 0.4) is 0 Å². The van der Waals surface area contributed by atoms with Crippen LogP contribution in [0.4, 0.5) is 11.5 Å². The monoisotopic (exact) mass is 400 g/mol. The number of rotatable bonds is 4. The van der Waals surface area contributed by atoms with E-state index in [-0.39, 0.29) is 0 Å². The molecule has 2 aromatic rings. The third-order valence-corrected chi connectivity index (χ3v) is 7.83. The molecule has 0 bridgehead atoms. The zero-order valence-corrected chi connectivity index (χ0v) is 17.5. The summed E-state index contributed by atoms with van der Waals surface area (Å²) in [7, 11) is -3.40. The molecule has 2 aliphatic heterocycles. The average molecular weight is 401 g/mol. The third-order valence-electron chi connectivity index (χ3n) is 5.94. The molecule has 0 spiro atoms. The zero-order chi connectivity index (χ0) is 19.7. The first-order valence-electron chi connectivity index (χ1n) is 9.99. The summed E-state index contributed by atoms with van der Waals surface area (Å²) in [6.07, 6.45) is 3.39. The summed E-state index contributed by atoms with van der Waals surface area (Å²) < 4.78 is 26.9. The Balaban J connectivity index is 1.43. The van der Waals surface area contributed by atoms with Crippen molar-refractivity contribution in [3.63, 3.8) is 0 Å². The van der Waals surface area contributed by atoms with Crippen LogP contribution in [0.25, 0.3) is 0 Å². The minimum atomic E-state index is -3.40. The van der Waals surface area contributed by atoms with E-state index < -0.39 is 10.0 Å². The lowest BCUT2D eigenvalue weighted by atomic mass is 10.1. The number of aromatic nitrogens is 1. The number of nitrogens with zero attached hydrogens (tertiary/aromatic N) is 4. The van der Waals surface area contributed by atoms with E-state index in [2.05, 4.69) is 46.8 Å². The van der Waals surface area contributed by atoms with Gasteiger partial charge in [-0.25, -0.2) is 13.4 Å². The number of aryl methyl sites for hydroxylation is 1. The number of anilines is 2. The molecule has 150 valence electrons. The summed E-state index contributed by atoms with van der Waals surface area (Å²) in [6.45, 7) is 9.17. The van der Waals surface area contributed by atoms with Gasteiger partial charge in [0, 0.05) is 51.2 Å². The standard InChI is InChI=1S/C21H28N4O2S/c1-17-6-5-7-20(18(17)2)23-12-14-24(15-13-23)21-9-8-19(16-22-21)28(26,27)25-10-3-4-11-25/h5-9,16H,3-4,10-15H2,1-2H3. The van der Waals surface area contributed by atoms with Crippen molar-refractivity contribution < 1.29 is 8.42 Å². The Bertz CT molecular complexity index is 929. The summed E-state index contributed by atoms with van der Waals surface area (Å²) in [5.41, 5.74) is 3.96. The van der Waals surface area contributed by atoms with Crippen molar-refractivity contribution in [2.45, 2.75) is 31.6 Å². The quantitative estimate of drug-likeness (QED) is 0.790. The number of hydrogen-bond donors (Lipinski definition) is 0. The molecular weight excluding hydrogens is 372 g/mol. The van der Waals surface area contributed by atoms with Crippen LogP contribution in [-0.4, -0.2) is 57.0 Å². The second-order valence-corrected chi connectivity index (χ2v) is 9.59. The third kappa shape index (κ3) is 3.61. The van der Waals surface area contributed by atoms with Crippen LogP contribution in [-0.2, 0) is 10.0 Å². The van der Waals surface area contributed by atoms with E-state index in [0.717, 1.165) is 44.8 Å². The van der Waals surface area contributed by atoms with Gasteiger partial charge >= 0.3 is 0 Å². The summed E-state index contributed by atoms with van der Waals surface area (Å²) in [4.78, 5) is 9.42. The summed E-state index contributed by atoms with van der Waals surface area (Å²) >= 11 is 0. The number of benzene rings is 1. The number of hydrogen-bond acceptors (Lipinski definition) is 5. The van der Waals surface area contributed by atoms with Crippen LogP contribution in [0.5, 0.6) is 0 Å². The number of sulfonamides is 1. The first-order chi connectivity index (χ1) is 13.5. The lowest BCUT2D eigenvalue weighted by molar-refractivity contribution is 0.477. The first kappa shape index (κ1) is 19.2. The van der Waals surface area contributed by atoms with Crippen molar-refractivity contribution in [1.82, 2.24) is 9.29 Å². The van der Waals surface area contributed by atoms with E-state index in [0.29, 0.717) is 18.0 Å². The fraction of sp³-hybridized carbons (Fsp3) is 0.476. The van der Waals surface area contributed by atoms with E-state index in [1.807, 2.05) is 6.07 Å². The van der Waals surface area contributed by atoms with Crippen LogP contribution in [0, 0.1) is 13.8 Å². The molecule has 2 fully saturated rings. The molecule has 7 heteroatoms. The van der Waals surface area contributed by atoms with Crippen LogP contribution < -0.4 is 9.80 Å². The minimum Gasteiger partial charge on any atom is -0.368 e. The topological polar surface area (TPSA) is 56.8 Å². The highest BCUT2D eigenvalue weighted by molar-refractivity contribution is 7.89. The molecule has 0 saturated carbocycles. The molecule has 2 aliphatic rings. The van der Waals surface area contributed by atoms with Gasteiger partial charge in [-0.15, -0.1) is 0 Å². The molecule has 0 amide bonds. The summed E-state index contributed by atoms with van der Waals surface area (Å²) in [5, 5.41) is 0. The van der Waals surface area contributed by atoms with E-state index in [9.17, 15) is 8.42 Å². The summed E-state index contributed by atoms with van der Waals surface area (Å²) in [5.74, 6) is 0.848. The van der Waals surface area contributed by atoms with E-state index in [1.54, 1.807) is 10.4 Å². The number of piperazine rings is 1. The Morgan fingerprint density at radius 1 is 0.857 bits per heavy atom. The van der Waals surface area contributed by atoms with Crippen molar-refractivity contribution in [3.05, 3.63) is 47.7 Å². The molecule has 1 aromatic heterocycles. The van der Waals surface area contributed by atoms with Gasteiger partial charge in [-0.05, 0) is 56.0 Å². The normalized spacial score (nSPS) is 18.6. The maximum atomic E-state index is 12.6. The molecule has 28 heavy (non-hydrogen) atoms. The van der Waals surface area contributed by atoms with Gasteiger partial charge in [-0.2, -0.15) is 4.31 Å². The van der Waals surface area contributed by atoms with Crippen LogP contribution >= 0.6 is 0 Å². The van der Waals surface area contributed by atoms with E-state index in [1.165, 1.54) is 23.0 Å². The Morgan fingerprint density at radius 2 is 1.54 bits per heavy atom. The van der Waals surface area contributed by atoms with Gasteiger partial charge < -0.3 is 9.80 Å².